The van der Waals surface area contributed by atoms with Crippen LogP contribution in [0.25, 0.3) is 11.0 Å². The van der Waals surface area contributed by atoms with Crippen LogP contribution in [0.4, 0.5) is 8.78 Å². The smallest absolute Gasteiger partial charge is 0.292 e. The van der Waals surface area contributed by atoms with E-state index in [1.54, 1.807) is 48.5 Å². The highest BCUT2D eigenvalue weighted by atomic mass is 32.2. The molecule has 5 nitrogen and oxygen atoms in total. The SMILES string of the molecule is CC(c1ccc(S(C)(=O)=O)cc1)N(C)Cc1nc2ccccc2n1C(F)F. The first kappa shape index (κ1) is 19.4. The monoisotopic (exact) mass is 393 g/mol. The number of benzene rings is 2. The fourth-order valence-electron chi connectivity index (χ4n) is 3.03. The third-order valence-corrected chi connectivity index (χ3v) is 5.84. The van der Waals surface area contributed by atoms with Gasteiger partial charge >= 0.3 is 6.55 Å². The summed E-state index contributed by atoms with van der Waals surface area (Å²) in [6.45, 7) is -0.510. The third kappa shape index (κ3) is 4.01. The standard InChI is InChI=1S/C19H21F2N3O2S/c1-13(14-8-10-15(11-9-14)27(3,25)26)23(2)12-18-22-16-6-4-5-7-17(16)24(18)19(20)21/h4-11,13,19H,12H2,1-3H3. The van der Waals surface area contributed by atoms with Gasteiger partial charge in [-0.25, -0.2) is 13.4 Å². The van der Waals surface area contributed by atoms with Gasteiger partial charge in [0.2, 0.25) is 0 Å². The Morgan fingerprint density at radius 3 is 2.33 bits per heavy atom. The molecule has 3 aromatic rings. The fourth-order valence-corrected chi connectivity index (χ4v) is 3.66. The Kier molecular flexibility index (Phi) is 5.30. The van der Waals surface area contributed by atoms with Gasteiger partial charge in [-0.2, -0.15) is 8.78 Å². The summed E-state index contributed by atoms with van der Waals surface area (Å²) in [6.07, 6.45) is 1.16. The molecule has 0 aliphatic rings. The number of aromatic nitrogens is 2. The van der Waals surface area contributed by atoms with Crippen LogP contribution in [0.5, 0.6) is 0 Å². The molecule has 0 aliphatic carbocycles. The number of para-hydroxylation sites is 2. The molecular weight excluding hydrogens is 372 g/mol. The molecule has 0 N–H and O–H groups in total. The summed E-state index contributed by atoms with van der Waals surface area (Å²) in [5.74, 6) is 0.285. The minimum absolute atomic E-state index is 0.107. The lowest BCUT2D eigenvalue weighted by Crippen LogP contribution is -2.24. The zero-order valence-corrected chi connectivity index (χ0v) is 16.1. The van der Waals surface area contributed by atoms with Crippen molar-refractivity contribution in [3.63, 3.8) is 0 Å². The number of imidazole rings is 1. The van der Waals surface area contributed by atoms with Crippen LogP contribution in [0, 0.1) is 0 Å². The van der Waals surface area contributed by atoms with Crippen LogP contribution in [0.2, 0.25) is 0 Å². The molecule has 2 aromatic carbocycles. The second-order valence-electron chi connectivity index (χ2n) is 6.60. The van der Waals surface area contributed by atoms with Crippen LogP contribution >= 0.6 is 0 Å². The average molecular weight is 393 g/mol. The van der Waals surface area contributed by atoms with Gasteiger partial charge in [0.15, 0.2) is 9.84 Å². The molecule has 27 heavy (non-hydrogen) atoms. The lowest BCUT2D eigenvalue weighted by Gasteiger charge is -2.25. The van der Waals surface area contributed by atoms with Gasteiger partial charge in [-0.1, -0.05) is 24.3 Å². The second kappa shape index (κ2) is 7.36. The van der Waals surface area contributed by atoms with E-state index in [1.807, 2.05) is 18.9 Å². The van der Waals surface area contributed by atoms with Crippen LogP contribution < -0.4 is 0 Å². The van der Waals surface area contributed by atoms with E-state index in [-0.39, 0.29) is 23.3 Å². The van der Waals surface area contributed by atoms with Gasteiger partial charge in [-0.05, 0) is 43.8 Å². The number of hydrogen-bond acceptors (Lipinski definition) is 4. The Labute approximate surface area is 157 Å². The largest absolute Gasteiger partial charge is 0.320 e. The minimum atomic E-state index is -3.25. The molecule has 1 heterocycles. The molecule has 0 amide bonds. The maximum atomic E-state index is 13.6. The molecule has 0 radical (unpaired) electrons. The Hall–Kier alpha value is -2.32. The maximum Gasteiger partial charge on any atom is 0.320 e. The van der Waals surface area contributed by atoms with Gasteiger partial charge in [0.1, 0.15) is 5.82 Å². The molecule has 1 unspecified atom stereocenters. The van der Waals surface area contributed by atoms with Crippen molar-refractivity contribution in [2.45, 2.75) is 31.0 Å². The van der Waals surface area contributed by atoms with E-state index in [4.69, 9.17) is 0 Å². The molecule has 144 valence electrons. The molecule has 3 rings (SSSR count). The lowest BCUT2D eigenvalue weighted by atomic mass is 10.1. The van der Waals surface area contributed by atoms with E-state index in [0.29, 0.717) is 11.0 Å². The van der Waals surface area contributed by atoms with Crippen LogP contribution in [0.15, 0.2) is 53.4 Å². The molecule has 0 spiro atoms. The highest BCUT2D eigenvalue weighted by molar-refractivity contribution is 7.90. The van der Waals surface area contributed by atoms with Crippen molar-refractivity contribution in [1.29, 1.82) is 0 Å². The predicted octanol–water partition coefficient (Wildman–Crippen LogP) is 4.03. The number of fused-ring (bicyclic) bond motifs is 1. The molecule has 0 saturated carbocycles. The van der Waals surface area contributed by atoms with Crippen LogP contribution in [0.3, 0.4) is 0 Å². The first-order valence-corrected chi connectivity index (χ1v) is 10.3. The summed E-state index contributed by atoms with van der Waals surface area (Å²) < 4.78 is 51.3. The van der Waals surface area contributed by atoms with Crippen molar-refractivity contribution >= 4 is 20.9 Å². The quantitative estimate of drug-likeness (QED) is 0.635. The molecule has 0 aliphatic heterocycles. The number of rotatable bonds is 6. The summed E-state index contributed by atoms with van der Waals surface area (Å²) in [7, 11) is -1.43. The molecule has 0 fully saturated rings. The van der Waals surface area contributed by atoms with Crippen molar-refractivity contribution in [2.24, 2.45) is 0 Å². The van der Waals surface area contributed by atoms with Crippen LogP contribution in [-0.4, -0.2) is 36.2 Å². The Bertz CT molecular complexity index is 1050. The average Bonchev–Trinajstić information content (AvgIpc) is 2.98. The first-order chi connectivity index (χ1) is 12.7. The number of sulfone groups is 1. The lowest BCUT2D eigenvalue weighted by molar-refractivity contribution is 0.0680. The van der Waals surface area contributed by atoms with E-state index in [0.717, 1.165) is 16.4 Å². The molecule has 0 bridgehead atoms. The minimum Gasteiger partial charge on any atom is -0.292 e. The van der Waals surface area contributed by atoms with E-state index < -0.39 is 16.4 Å². The Balaban J connectivity index is 1.86. The summed E-state index contributed by atoms with van der Waals surface area (Å²) in [4.78, 5) is 6.51. The third-order valence-electron chi connectivity index (χ3n) is 4.71. The molecule has 1 aromatic heterocycles. The molecule has 0 saturated heterocycles. The van der Waals surface area contributed by atoms with Crippen molar-refractivity contribution in [3.8, 4) is 0 Å². The van der Waals surface area contributed by atoms with Gasteiger partial charge < -0.3 is 0 Å². The van der Waals surface area contributed by atoms with Crippen molar-refractivity contribution in [2.75, 3.05) is 13.3 Å². The van der Waals surface area contributed by atoms with Gasteiger partial charge in [-0.3, -0.25) is 9.47 Å². The molecule has 8 heteroatoms. The second-order valence-corrected chi connectivity index (χ2v) is 8.61. The summed E-state index contributed by atoms with van der Waals surface area (Å²) in [5, 5.41) is 0. The number of hydrogen-bond donors (Lipinski definition) is 0. The maximum absolute atomic E-state index is 13.6. The van der Waals surface area contributed by atoms with Crippen molar-refractivity contribution in [1.82, 2.24) is 14.5 Å². The normalized spacial score (nSPS) is 13.6. The summed E-state index contributed by atoms with van der Waals surface area (Å²) in [5.41, 5.74) is 1.83. The zero-order chi connectivity index (χ0) is 19.8. The van der Waals surface area contributed by atoms with Gasteiger partial charge in [-0.15, -0.1) is 0 Å². The molecular formula is C19H21F2N3O2S. The summed E-state index contributed by atoms with van der Waals surface area (Å²) >= 11 is 0. The van der Waals surface area contributed by atoms with Crippen LogP contribution in [0.1, 0.15) is 30.9 Å². The van der Waals surface area contributed by atoms with Gasteiger partial charge in [0.05, 0.1) is 22.5 Å². The van der Waals surface area contributed by atoms with Gasteiger partial charge in [0.25, 0.3) is 0 Å². The highest BCUT2D eigenvalue weighted by Gasteiger charge is 2.21. The number of alkyl halides is 2. The van der Waals surface area contributed by atoms with E-state index in [2.05, 4.69) is 4.98 Å². The Morgan fingerprint density at radius 2 is 1.74 bits per heavy atom. The topological polar surface area (TPSA) is 55.2 Å². The first-order valence-electron chi connectivity index (χ1n) is 8.42. The Morgan fingerprint density at radius 1 is 1.11 bits per heavy atom. The van der Waals surface area contributed by atoms with E-state index in [1.165, 1.54) is 0 Å². The highest BCUT2D eigenvalue weighted by Crippen LogP contribution is 2.26. The van der Waals surface area contributed by atoms with Crippen molar-refractivity contribution in [3.05, 3.63) is 59.9 Å². The van der Waals surface area contributed by atoms with E-state index >= 15 is 0 Å². The summed E-state index contributed by atoms with van der Waals surface area (Å²) in [6, 6.07) is 13.3. The fraction of sp³-hybridized carbons (Fsp3) is 0.316. The number of nitrogens with zero attached hydrogens (tertiary/aromatic N) is 3. The van der Waals surface area contributed by atoms with Gasteiger partial charge in [0, 0.05) is 12.3 Å². The predicted molar refractivity (Wildman–Crippen MR) is 100 cm³/mol. The zero-order valence-electron chi connectivity index (χ0n) is 15.3. The molecule has 1 atom stereocenters. The van der Waals surface area contributed by atoms with Crippen molar-refractivity contribution < 1.29 is 17.2 Å². The van der Waals surface area contributed by atoms with E-state index in [9.17, 15) is 17.2 Å². The van der Waals surface area contributed by atoms with Crippen LogP contribution in [-0.2, 0) is 16.4 Å². The number of halogens is 2.